The predicted molar refractivity (Wildman–Crippen MR) is 232 cm³/mol. The Labute approximate surface area is 343 Å². The minimum Gasteiger partial charge on any atom is -0.444 e. The molecule has 1 aliphatic heterocycles. The summed E-state index contributed by atoms with van der Waals surface area (Å²) in [5, 5.41) is 3.04. The summed E-state index contributed by atoms with van der Waals surface area (Å²) in [5.41, 5.74) is 5.76. The lowest BCUT2D eigenvalue weighted by Crippen LogP contribution is -2.44. The molecule has 15 nitrogen and oxygen atoms in total. The van der Waals surface area contributed by atoms with Crippen LogP contribution < -0.4 is 21.3 Å². The number of amides is 4. The molecule has 2 aliphatic rings. The van der Waals surface area contributed by atoms with Gasteiger partial charge in [-0.05, 0) is 104 Å². The van der Waals surface area contributed by atoms with Crippen LogP contribution in [-0.4, -0.2) is 81.5 Å². The van der Waals surface area contributed by atoms with Crippen LogP contribution in [-0.2, 0) is 29.1 Å². The first-order valence-corrected chi connectivity index (χ1v) is 20.8. The lowest BCUT2D eigenvalue weighted by Gasteiger charge is -2.24. The van der Waals surface area contributed by atoms with Crippen molar-refractivity contribution in [3.63, 3.8) is 0 Å². The first kappa shape index (κ1) is 50.3. The number of nitrogens with one attached hydrogen (secondary N) is 3. The Morgan fingerprint density at radius 3 is 2.35 bits per heavy atom. The van der Waals surface area contributed by atoms with Gasteiger partial charge >= 0.3 is 6.09 Å². The second-order valence-electron chi connectivity index (χ2n) is 15.6. The van der Waals surface area contributed by atoms with Crippen LogP contribution in [0.3, 0.4) is 0 Å². The minimum absolute atomic E-state index is 0. The van der Waals surface area contributed by atoms with E-state index in [1.165, 1.54) is 7.05 Å². The third-order valence-electron chi connectivity index (χ3n) is 9.34. The van der Waals surface area contributed by atoms with E-state index < -0.39 is 20.7 Å². The molecule has 2 fully saturated rings. The smallest absolute Gasteiger partial charge is 0.407 e. The Kier molecular flexibility index (Phi) is 20.2. The number of fused-ring (bicyclic) bond motifs is 3. The number of likely N-dealkylation sites (tertiary alicyclic amines) is 1. The van der Waals surface area contributed by atoms with Crippen LogP contribution in [0.15, 0.2) is 53.6 Å². The van der Waals surface area contributed by atoms with Gasteiger partial charge in [0.2, 0.25) is 33.5 Å². The maximum Gasteiger partial charge on any atom is 0.407 e. The number of aromatic amines is 1. The first-order chi connectivity index (χ1) is 26.2. The number of rotatable bonds is 11. The van der Waals surface area contributed by atoms with E-state index >= 15 is 0 Å². The van der Waals surface area contributed by atoms with Crippen molar-refractivity contribution in [1.82, 2.24) is 29.3 Å². The summed E-state index contributed by atoms with van der Waals surface area (Å²) in [6, 6.07) is 7.07. The van der Waals surface area contributed by atoms with Crippen molar-refractivity contribution in [2.45, 2.75) is 137 Å². The highest BCUT2D eigenvalue weighted by Crippen LogP contribution is 2.42. The molecule has 3 heterocycles. The Balaban J connectivity index is -0.000000737. The molecular formula is C41H73N7O8S. The number of imidazole rings is 1. The molecule has 0 bridgehead atoms. The normalized spacial score (nSPS) is 16.6. The Bertz CT molecular complexity index is 1980. The summed E-state index contributed by atoms with van der Waals surface area (Å²) in [5.74, 6) is 0.844. The lowest BCUT2D eigenvalue weighted by atomic mass is 9.91. The number of alkyl carbamates (subject to hydrolysis) is 1. The number of carbonyl (C=O) groups is 4. The average molecular weight is 824 g/mol. The number of benzene rings is 1. The van der Waals surface area contributed by atoms with Gasteiger partial charge in [0.1, 0.15) is 11.6 Å². The fourth-order valence-electron chi connectivity index (χ4n) is 5.97. The molecule has 1 aromatic carbocycles. The van der Waals surface area contributed by atoms with E-state index in [0.29, 0.717) is 48.8 Å². The standard InChI is InChI=1S/C17H30N2O2.C10H7N3O.C7H13NO3S.C6H13NO2.CH4.3H2/c1-4-5-6-8-13(2)11-14(3)12-16(20)19-10-7-9-15(19)17(18)21;14-9-7-3-1-2-4-8(7)13-6-5-11-10(13)12-9;1-3-6(9)8-12(10,11)7(2)4-5-7;1-6(2,3)9-5(8)7-4;;;;/h4-5,13-15H,6-12H2,1-3H3,(H2,18,21);1-6H,(H,11,12,14);3-5H2,1-2H3,(H,8,9);1-4H3,(H,7,8);1H4;3*1H/b5-4-;;;;;;;/t13?,14-,15+;;;;;;;/m1......./s1. The van der Waals surface area contributed by atoms with Gasteiger partial charge in [-0.25, -0.2) is 18.2 Å². The zero-order valence-electron chi connectivity index (χ0n) is 34.5. The Hall–Kier alpha value is -4.73. The number of aromatic nitrogens is 3. The van der Waals surface area contributed by atoms with Gasteiger partial charge in [-0.2, -0.15) is 0 Å². The zero-order chi connectivity index (χ0) is 42.3. The molecule has 2 aromatic heterocycles. The summed E-state index contributed by atoms with van der Waals surface area (Å²) < 4.78 is 30.8. The van der Waals surface area contributed by atoms with Crippen molar-refractivity contribution in [1.29, 1.82) is 0 Å². The number of para-hydroxylation sites is 1. The van der Waals surface area contributed by atoms with E-state index in [9.17, 15) is 32.4 Å². The van der Waals surface area contributed by atoms with Crippen LogP contribution >= 0.6 is 0 Å². The fraction of sp³-hybridized carbons (Fsp3) is 0.610. The molecule has 3 aromatic rings. The molecule has 326 valence electrons. The number of primary amides is 1. The highest BCUT2D eigenvalue weighted by molar-refractivity contribution is 7.91. The fourth-order valence-corrected chi connectivity index (χ4v) is 7.30. The summed E-state index contributed by atoms with van der Waals surface area (Å²) in [7, 11) is -1.86. The third-order valence-corrected chi connectivity index (χ3v) is 11.5. The van der Waals surface area contributed by atoms with Crippen molar-refractivity contribution in [2.75, 3.05) is 13.6 Å². The molecule has 5 N–H and O–H groups in total. The number of ether oxygens (including phenoxy) is 1. The van der Waals surface area contributed by atoms with Gasteiger partial charge in [-0.1, -0.05) is 52.5 Å². The second kappa shape index (κ2) is 22.9. The van der Waals surface area contributed by atoms with Crippen LogP contribution in [0.5, 0.6) is 0 Å². The molecule has 0 spiro atoms. The molecule has 0 radical (unpaired) electrons. The number of sulfonamides is 1. The van der Waals surface area contributed by atoms with E-state index in [-0.39, 0.29) is 53.2 Å². The molecule has 1 aliphatic carbocycles. The number of hydrogen-bond donors (Lipinski definition) is 4. The number of nitrogens with zero attached hydrogens (tertiary/aromatic N) is 3. The Morgan fingerprint density at radius 2 is 1.81 bits per heavy atom. The topological polar surface area (TPSA) is 215 Å². The quantitative estimate of drug-likeness (QED) is 0.147. The van der Waals surface area contributed by atoms with Crippen molar-refractivity contribution in [3.8, 4) is 0 Å². The summed E-state index contributed by atoms with van der Waals surface area (Å²) >= 11 is 0. The second-order valence-corrected chi connectivity index (χ2v) is 17.8. The summed E-state index contributed by atoms with van der Waals surface area (Å²) in [6.07, 6.45) is 14.3. The van der Waals surface area contributed by atoms with Crippen molar-refractivity contribution in [2.24, 2.45) is 17.6 Å². The molecule has 16 heteroatoms. The minimum atomic E-state index is -3.40. The van der Waals surface area contributed by atoms with Crippen molar-refractivity contribution >= 4 is 50.5 Å². The number of H-pyrrole nitrogens is 1. The largest absolute Gasteiger partial charge is 0.444 e. The molecule has 1 unspecified atom stereocenters. The van der Waals surface area contributed by atoms with Crippen molar-refractivity contribution in [3.05, 3.63) is 59.2 Å². The van der Waals surface area contributed by atoms with Gasteiger partial charge in [0.25, 0.3) is 5.56 Å². The maximum atomic E-state index is 12.3. The summed E-state index contributed by atoms with van der Waals surface area (Å²) in [4.78, 5) is 65.0. The van der Waals surface area contributed by atoms with E-state index in [1.807, 2.05) is 61.2 Å². The average Bonchev–Trinajstić information content (AvgIpc) is 3.48. The number of allylic oxidation sites excluding steroid dienone is 2. The number of hydrogen-bond acceptors (Lipinski definition) is 9. The van der Waals surface area contributed by atoms with E-state index in [0.717, 1.165) is 37.6 Å². The first-order valence-electron chi connectivity index (χ1n) is 19.3. The lowest BCUT2D eigenvalue weighted by molar-refractivity contribution is -0.138. The van der Waals surface area contributed by atoms with Gasteiger partial charge < -0.3 is 20.7 Å². The van der Waals surface area contributed by atoms with E-state index in [1.54, 1.807) is 31.0 Å². The molecule has 1 saturated carbocycles. The van der Waals surface area contributed by atoms with Crippen LogP contribution in [0, 0.1) is 11.8 Å². The molecule has 5 rings (SSSR count). The third kappa shape index (κ3) is 16.3. The van der Waals surface area contributed by atoms with Gasteiger partial charge in [0, 0.05) is 43.1 Å². The summed E-state index contributed by atoms with van der Waals surface area (Å²) in [6.45, 7) is 15.8. The molecule has 57 heavy (non-hydrogen) atoms. The predicted octanol–water partition coefficient (Wildman–Crippen LogP) is 6.96. The molecule has 4 amide bonds. The highest BCUT2D eigenvalue weighted by atomic mass is 32.2. The SMILES string of the molecule is C.C/C=C\CCC(C)C[C@@H](C)CC(=O)N1CCC[C@H]1C(N)=O.CCC(=O)NS(=O)(=O)C1(C)CC1.CNC(=O)OC(C)(C)C.O=c1[nH]c2nccn2c2ccccc12.[HH].[HH].[HH]. The van der Waals surface area contributed by atoms with E-state index in [2.05, 4.69) is 41.3 Å². The van der Waals surface area contributed by atoms with Crippen LogP contribution in [0.25, 0.3) is 16.7 Å². The van der Waals surface area contributed by atoms with Crippen LogP contribution in [0.4, 0.5) is 4.79 Å². The van der Waals surface area contributed by atoms with Crippen molar-refractivity contribution < 1.29 is 36.6 Å². The highest BCUT2D eigenvalue weighted by Gasteiger charge is 2.50. The molecular weight excluding hydrogens is 751 g/mol. The van der Waals surface area contributed by atoms with E-state index in [4.69, 9.17) is 10.5 Å². The van der Waals surface area contributed by atoms with Crippen LogP contribution in [0.2, 0.25) is 0 Å². The monoisotopic (exact) mass is 824 g/mol. The Morgan fingerprint density at radius 1 is 1.16 bits per heavy atom. The van der Waals surface area contributed by atoms with Gasteiger partial charge in [-0.15, -0.1) is 0 Å². The van der Waals surface area contributed by atoms with Gasteiger partial charge in [0.05, 0.1) is 15.6 Å². The number of carbonyl (C=O) groups excluding carboxylic acids is 4. The number of nitrogens with two attached hydrogens (primary N) is 1. The zero-order valence-corrected chi connectivity index (χ0v) is 35.3. The molecule has 1 saturated heterocycles. The maximum absolute atomic E-state index is 12.3. The van der Waals surface area contributed by atoms with Crippen LogP contribution in [0.1, 0.15) is 125 Å². The van der Waals surface area contributed by atoms with Gasteiger partial charge in [0.15, 0.2) is 0 Å². The van der Waals surface area contributed by atoms with Gasteiger partial charge in [-0.3, -0.25) is 33.3 Å². The molecule has 3 atom stereocenters.